The van der Waals surface area contributed by atoms with Gasteiger partial charge in [-0.05, 0) is 12.1 Å². The molecule has 5 nitrogen and oxygen atoms in total. The lowest BCUT2D eigenvalue weighted by atomic mass is 10.2. The zero-order chi connectivity index (χ0) is 12.3. The van der Waals surface area contributed by atoms with Gasteiger partial charge in [0.25, 0.3) is 0 Å². The first-order valence-corrected chi connectivity index (χ1v) is 5.75. The molecule has 90 valence electrons. The Morgan fingerprint density at radius 1 is 1.41 bits per heavy atom. The molecule has 0 aliphatic heterocycles. The van der Waals surface area contributed by atoms with Gasteiger partial charge in [-0.1, -0.05) is 19.9 Å². The van der Waals surface area contributed by atoms with Crippen molar-refractivity contribution in [2.75, 3.05) is 6.54 Å². The third-order valence-electron chi connectivity index (χ3n) is 2.56. The average molecular weight is 232 g/mol. The summed E-state index contributed by atoms with van der Waals surface area (Å²) in [4.78, 5) is 11.4. The first-order chi connectivity index (χ1) is 8.18. The molecular weight excluding hydrogens is 216 g/mol. The molecule has 0 unspecified atom stereocenters. The highest BCUT2D eigenvalue weighted by Crippen LogP contribution is 2.02. The van der Waals surface area contributed by atoms with Gasteiger partial charge >= 0.3 is 0 Å². The van der Waals surface area contributed by atoms with Gasteiger partial charge in [-0.2, -0.15) is 0 Å². The van der Waals surface area contributed by atoms with E-state index < -0.39 is 0 Å². The van der Waals surface area contributed by atoms with E-state index in [1.807, 2.05) is 42.6 Å². The molecule has 1 N–H and O–H groups in total. The predicted molar refractivity (Wildman–Crippen MR) is 64.5 cm³/mol. The third-order valence-corrected chi connectivity index (χ3v) is 2.56. The number of hydrogen-bond donors (Lipinski definition) is 1. The van der Waals surface area contributed by atoms with Gasteiger partial charge < -0.3 is 5.32 Å². The second kappa shape index (κ2) is 4.95. The number of nitrogens with one attached hydrogen (secondary N) is 1. The van der Waals surface area contributed by atoms with Gasteiger partial charge in [0.05, 0.1) is 0 Å². The molecule has 2 heterocycles. The minimum Gasteiger partial charge on any atom is -0.355 e. The van der Waals surface area contributed by atoms with E-state index in [4.69, 9.17) is 0 Å². The molecule has 0 spiro atoms. The van der Waals surface area contributed by atoms with Gasteiger partial charge in [-0.15, -0.1) is 10.2 Å². The van der Waals surface area contributed by atoms with Crippen LogP contribution in [0.3, 0.4) is 0 Å². The Morgan fingerprint density at radius 3 is 3.00 bits per heavy atom. The summed E-state index contributed by atoms with van der Waals surface area (Å²) in [6, 6.07) is 5.77. The third kappa shape index (κ3) is 2.61. The molecule has 0 aliphatic rings. The summed E-state index contributed by atoms with van der Waals surface area (Å²) >= 11 is 0. The van der Waals surface area contributed by atoms with Crippen LogP contribution in [0.1, 0.15) is 19.7 Å². The smallest absolute Gasteiger partial charge is 0.222 e. The number of fused-ring (bicyclic) bond motifs is 1. The van der Waals surface area contributed by atoms with Crippen molar-refractivity contribution in [3.8, 4) is 0 Å². The van der Waals surface area contributed by atoms with E-state index in [2.05, 4.69) is 15.5 Å². The summed E-state index contributed by atoms with van der Waals surface area (Å²) < 4.78 is 1.93. The zero-order valence-electron chi connectivity index (χ0n) is 10.1. The summed E-state index contributed by atoms with van der Waals surface area (Å²) in [6.45, 7) is 4.34. The lowest BCUT2D eigenvalue weighted by Crippen LogP contribution is -2.29. The minimum atomic E-state index is 0.0187. The molecule has 2 aromatic heterocycles. The Bertz CT molecular complexity index is 518. The number of rotatable bonds is 4. The van der Waals surface area contributed by atoms with Crippen LogP contribution in [-0.2, 0) is 11.2 Å². The maximum absolute atomic E-state index is 11.4. The second-order valence-electron chi connectivity index (χ2n) is 4.24. The molecule has 17 heavy (non-hydrogen) atoms. The fourth-order valence-corrected chi connectivity index (χ4v) is 1.56. The second-order valence-corrected chi connectivity index (χ2v) is 4.24. The maximum atomic E-state index is 11.4. The van der Waals surface area contributed by atoms with E-state index in [-0.39, 0.29) is 11.8 Å². The molecular formula is C12H16N4O. The number of amides is 1. The summed E-state index contributed by atoms with van der Waals surface area (Å²) in [5.74, 6) is 0.952. The first kappa shape index (κ1) is 11.6. The Kier molecular flexibility index (Phi) is 3.37. The molecule has 1 amide bonds. The van der Waals surface area contributed by atoms with E-state index in [1.165, 1.54) is 0 Å². The monoisotopic (exact) mass is 232 g/mol. The van der Waals surface area contributed by atoms with E-state index in [9.17, 15) is 4.79 Å². The van der Waals surface area contributed by atoms with Gasteiger partial charge in [0.1, 0.15) is 5.82 Å². The molecule has 0 aliphatic carbocycles. The van der Waals surface area contributed by atoms with Crippen LogP contribution in [0, 0.1) is 5.92 Å². The Labute approximate surface area is 99.9 Å². The van der Waals surface area contributed by atoms with Crippen molar-refractivity contribution in [1.82, 2.24) is 19.9 Å². The van der Waals surface area contributed by atoms with Gasteiger partial charge in [-0.25, -0.2) is 0 Å². The van der Waals surface area contributed by atoms with Gasteiger partial charge in [0.15, 0.2) is 5.65 Å². The average Bonchev–Trinajstić information content (AvgIpc) is 2.72. The number of hydrogen-bond acceptors (Lipinski definition) is 3. The van der Waals surface area contributed by atoms with Crippen molar-refractivity contribution in [3.05, 3.63) is 30.2 Å². The highest BCUT2D eigenvalue weighted by Gasteiger charge is 2.07. The number of carbonyl (C=O) groups excluding carboxylic acids is 1. The van der Waals surface area contributed by atoms with E-state index in [1.54, 1.807) is 0 Å². The van der Waals surface area contributed by atoms with Crippen molar-refractivity contribution in [2.24, 2.45) is 5.92 Å². The van der Waals surface area contributed by atoms with Crippen LogP contribution in [0.25, 0.3) is 5.65 Å². The number of aromatic nitrogens is 3. The van der Waals surface area contributed by atoms with Crippen LogP contribution in [-0.4, -0.2) is 27.0 Å². The largest absolute Gasteiger partial charge is 0.355 e. The fourth-order valence-electron chi connectivity index (χ4n) is 1.56. The van der Waals surface area contributed by atoms with E-state index >= 15 is 0 Å². The minimum absolute atomic E-state index is 0.0187. The predicted octanol–water partition coefficient (Wildman–Crippen LogP) is 1.04. The number of pyridine rings is 1. The van der Waals surface area contributed by atoms with Crippen molar-refractivity contribution >= 4 is 11.6 Å². The van der Waals surface area contributed by atoms with Crippen LogP contribution >= 0.6 is 0 Å². The van der Waals surface area contributed by atoms with Gasteiger partial charge in [0.2, 0.25) is 5.91 Å². The summed E-state index contributed by atoms with van der Waals surface area (Å²) in [5, 5.41) is 11.0. The van der Waals surface area contributed by atoms with Crippen molar-refractivity contribution < 1.29 is 4.79 Å². The standard InChI is InChI=1S/C12H16N4O/c1-9(2)12(17)13-7-6-11-15-14-10-5-3-4-8-16(10)11/h3-5,8-9H,6-7H2,1-2H3,(H,13,17). The number of carbonyl (C=O) groups is 1. The lowest BCUT2D eigenvalue weighted by Gasteiger charge is -2.06. The molecule has 0 fully saturated rings. The van der Waals surface area contributed by atoms with Crippen molar-refractivity contribution in [1.29, 1.82) is 0 Å². The van der Waals surface area contributed by atoms with Gasteiger partial charge in [0, 0.05) is 25.1 Å². The summed E-state index contributed by atoms with van der Waals surface area (Å²) in [5.41, 5.74) is 0.831. The normalized spacial score (nSPS) is 11.0. The van der Waals surface area contributed by atoms with Gasteiger partial charge in [-0.3, -0.25) is 9.20 Å². The van der Waals surface area contributed by atoms with E-state index in [0.717, 1.165) is 11.5 Å². The lowest BCUT2D eigenvalue weighted by molar-refractivity contribution is -0.123. The van der Waals surface area contributed by atoms with Crippen LogP contribution in [0.15, 0.2) is 24.4 Å². The topological polar surface area (TPSA) is 59.3 Å². The Morgan fingerprint density at radius 2 is 2.24 bits per heavy atom. The maximum Gasteiger partial charge on any atom is 0.222 e. The van der Waals surface area contributed by atoms with Crippen LogP contribution in [0.2, 0.25) is 0 Å². The highest BCUT2D eigenvalue weighted by molar-refractivity contribution is 5.77. The molecule has 0 saturated carbocycles. The molecule has 2 rings (SSSR count). The van der Waals surface area contributed by atoms with Crippen molar-refractivity contribution in [2.45, 2.75) is 20.3 Å². The van der Waals surface area contributed by atoms with Crippen LogP contribution < -0.4 is 5.32 Å². The molecule has 0 saturated heterocycles. The molecule has 0 atom stereocenters. The molecule has 0 bridgehead atoms. The molecule has 5 heteroatoms. The highest BCUT2D eigenvalue weighted by atomic mass is 16.1. The SMILES string of the molecule is CC(C)C(=O)NCCc1nnc2ccccn12. The van der Waals surface area contributed by atoms with Crippen LogP contribution in [0.4, 0.5) is 0 Å². The molecule has 2 aromatic rings. The first-order valence-electron chi connectivity index (χ1n) is 5.75. The Hall–Kier alpha value is -1.91. The van der Waals surface area contributed by atoms with Crippen molar-refractivity contribution in [3.63, 3.8) is 0 Å². The van der Waals surface area contributed by atoms with E-state index in [0.29, 0.717) is 13.0 Å². The summed E-state index contributed by atoms with van der Waals surface area (Å²) in [6.07, 6.45) is 2.61. The fraction of sp³-hybridized carbons (Fsp3) is 0.417. The Balaban J connectivity index is 1.98. The molecule has 0 radical (unpaired) electrons. The van der Waals surface area contributed by atoms with Crippen LogP contribution in [0.5, 0.6) is 0 Å². The molecule has 0 aromatic carbocycles. The zero-order valence-corrected chi connectivity index (χ0v) is 10.1. The quantitative estimate of drug-likeness (QED) is 0.857. The number of nitrogens with zero attached hydrogens (tertiary/aromatic N) is 3. The summed E-state index contributed by atoms with van der Waals surface area (Å²) in [7, 11) is 0.